The maximum Gasteiger partial charge on any atom is 0.262 e. The van der Waals surface area contributed by atoms with E-state index in [2.05, 4.69) is 28.2 Å². The van der Waals surface area contributed by atoms with Crippen LogP contribution in [0.15, 0.2) is 11.4 Å². The highest BCUT2D eigenvalue weighted by Crippen LogP contribution is 2.21. The zero-order valence-corrected chi connectivity index (χ0v) is 11.6. The third-order valence-corrected chi connectivity index (χ3v) is 3.69. The second-order valence-corrected chi connectivity index (χ2v) is 6.16. The van der Waals surface area contributed by atoms with Gasteiger partial charge in [0.15, 0.2) is 0 Å². The Bertz CT molecular complexity index is 327. The Labute approximate surface area is 107 Å². The molecule has 1 unspecified atom stereocenters. The quantitative estimate of drug-likeness (QED) is 0.652. The van der Waals surface area contributed by atoms with E-state index in [1.807, 2.05) is 5.38 Å². The molecule has 0 bridgehead atoms. The number of hydrogen-bond acceptors (Lipinski definition) is 2. The van der Waals surface area contributed by atoms with E-state index in [-0.39, 0.29) is 5.91 Å². The van der Waals surface area contributed by atoms with Crippen molar-refractivity contribution < 1.29 is 4.79 Å². The van der Waals surface area contributed by atoms with Crippen LogP contribution < -0.4 is 5.32 Å². The molecule has 0 saturated carbocycles. The average Bonchev–Trinajstić information content (AvgIpc) is 2.58. The molecule has 0 aliphatic carbocycles. The fourth-order valence-electron chi connectivity index (χ4n) is 1.12. The number of halogens is 2. The smallest absolute Gasteiger partial charge is 0.262 e. The van der Waals surface area contributed by atoms with Crippen molar-refractivity contribution in [2.24, 2.45) is 0 Å². The predicted molar refractivity (Wildman–Crippen MR) is 69.3 cm³/mol. The third kappa shape index (κ3) is 4.53. The van der Waals surface area contributed by atoms with E-state index in [0.29, 0.717) is 21.3 Å². The topological polar surface area (TPSA) is 29.1 Å². The van der Waals surface area contributed by atoms with E-state index in [1.165, 1.54) is 11.3 Å². The van der Waals surface area contributed by atoms with Gasteiger partial charge in [0, 0.05) is 11.4 Å². The van der Waals surface area contributed by atoms with E-state index in [1.54, 1.807) is 6.07 Å². The van der Waals surface area contributed by atoms with E-state index >= 15 is 0 Å². The maximum absolute atomic E-state index is 11.6. The van der Waals surface area contributed by atoms with Crippen LogP contribution in [0.2, 0.25) is 5.02 Å². The molecule has 0 spiro atoms. The van der Waals surface area contributed by atoms with E-state index in [9.17, 15) is 4.79 Å². The molecule has 0 radical (unpaired) electrons. The zero-order chi connectivity index (χ0) is 11.3. The average molecular weight is 311 g/mol. The highest BCUT2D eigenvalue weighted by molar-refractivity contribution is 9.09. The van der Waals surface area contributed by atoms with Gasteiger partial charge in [-0.25, -0.2) is 0 Å². The molecular weight excluding hydrogens is 298 g/mol. The molecule has 1 aromatic rings. The van der Waals surface area contributed by atoms with Crippen molar-refractivity contribution in [3.8, 4) is 0 Å². The minimum Gasteiger partial charge on any atom is -0.351 e. The van der Waals surface area contributed by atoms with Crippen LogP contribution in [0.5, 0.6) is 0 Å². The van der Waals surface area contributed by atoms with Crippen molar-refractivity contribution in [3.63, 3.8) is 0 Å². The Morgan fingerprint density at radius 1 is 1.73 bits per heavy atom. The van der Waals surface area contributed by atoms with Crippen molar-refractivity contribution in [2.45, 2.75) is 24.6 Å². The third-order valence-electron chi connectivity index (χ3n) is 1.89. The lowest BCUT2D eigenvalue weighted by atomic mass is 10.2. The lowest BCUT2D eigenvalue weighted by Gasteiger charge is -2.05. The standard InChI is InChI=1S/C10H13BrClNOS/c1-7(11)3-2-5-13-10(14)9-8(12)4-6-15-9/h4,6-7H,2-3,5H2,1H3,(H,13,14). The molecule has 1 rings (SSSR count). The Balaban J connectivity index is 2.28. The van der Waals surface area contributed by atoms with Gasteiger partial charge in [-0.1, -0.05) is 34.5 Å². The van der Waals surface area contributed by atoms with Crippen molar-refractivity contribution >= 4 is 44.8 Å². The summed E-state index contributed by atoms with van der Waals surface area (Å²) in [6, 6.07) is 1.74. The maximum atomic E-state index is 11.6. The zero-order valence-electron chi connectivity index (χ0n) is 8.43. The minimum absolute atomic E-state index is 0.0720. The van der Waals surface area contributed by atoms with Gasteiger partial charge < -0.3 is 5.32 Å². The van der Waals surface area contributed by atoms with Gasteiger partial charge in [0.05, 0.1) is 5.02 Å². The summed E-state index contributed by atoms with van der Waals surface area (Å²) in [4.78, 5) is 12.7. The van der Waals surface area contributed by atoms with Crippen molar-refractivity contribution in [1.82, 2.24) is 5.32 Å². The van der Waals surface area contributed by atoms with Crippen molar-refractivity contribution in [1.29, 1.82) is 0 Å². The summed E-state index contributed by atoms with van der Waals surface area (Å²) in [5.41, 5.74) is 0. The summed E-state index contributed by atoms with van der Waals surface area (Å²) in [5, 5.41) is 5.20. The molecule has 0 fully saturated rings. The first-order valence-corrected chi connectivity index (χ1v) is 6.94. The molecule has 2 nitrogen and oxygen atoms in total. The summed E-state index contributed by atoms with van der Waals surface area (Å²) in [6.07, 6.45) is 2.03. The molecule has 84 valence electrons. The van der Waals surface area contributed by atoms with E-state index < -0.39 is 0 Å². The van der Waals surface area contributed by atoms with Crippen LogP contribution in [-0.4, -0.2) is 17.3 Å². The highest BCUT2D eigenvalue weighted by atomic mass is 79.9. The number of thiophene rings is 1. The largest absolute Gasteiger partial charge is 0.351 e. The normalized spacial score (nSPS) is 12.5. The number of nitrogens with one attached hydrogen (secondary N) is 1. The molecule has 5 heteroatoms. The van der Waals surface area contributed by atoms with Gasteiger partial charge in [-0.2, -0.15) is 0 Å². The van der Waals surface area contributed by atoms with Gasteiger partial charge in [-0.15, -0.1) is 11.3 Å². The molecule has 1 heterocycles. The molecule has 15 heavy (non-hydrogen) atoms. The van der Waals surface area contributed by atoms with Gasteiger partial charge >= 0.3 is 0 Å². The van der Waals surface area contributed by atoms with E-state index in [0.717, 1.165) is 12.8 Å². The first kappa shape index (κ1) is 13.0. The van der Waals surface area contributed by atoms with Crippen LogP contribution >= 0.6 is 38.9 Å². The minimum atomic E-state index is -0.0720. The van der Waals surface area contributed by atoms with Gasteiger partial charge in [0.2, 0.25) is 0 Å². The number of rotatable bonds is 5. The van der Waals surface area contributed by atoms with Crippen LogP contribution in [-0.2, 0) is 0 Å². The second kappa shape index (κ2) is 6.51. The Hall–Kier alpha value is -0.0600. The van der Waals surface area contributed by atoms with Gasteiger partial charge in [-0.05, 0) is 24.3 Å². The lowest BCUT2D eigenvalue weighted by molar-refractivity contribution is 0.0957. The highest BCUT2D eigenvalue weighted by Gasteiger charge is 2.10. The molecule has 1 N–H and O–H groups in total. The van der Waals surface area contributed by atoms with Crippen LogP contribution in [0.4, 0.5) is 0 Å². The molecule has 0 saturated heterocycles. The van der Waals surface area contributed by atoms with Gasteiger partial charge in [-0.3, -0.25) is 4.79 Å². The summed E-state index contributed by atoms with van der Waals surface area (Å²) < 4.78 is 0. The Morgan fingerprint density at radius 3 is 3.00 bits per heavy atom. The molecule has 0 aromatic carbocycles. The SMILES string of the molecule is CC(Br)CCCNC(=O)c1sccc1Cl. The molecule has 1 aromatic heterocycles. The summed E-state index contributed by atoms with van der Waals surface area (Å²) >= 11 is 10.7. The van der Waals surface area contributed by atoms with Gasteiger partial charge in [0.25, 0.3) is 5.91 Å². The van der Waals surface area contributed by atoms with Crippen LogP contribution in [0.25, 0.3) is 0 Å². The fraction of sp³-hybridized carbons (Fsp3) is 0.500. The Kier molecular flexibility index (Phi) is 5.64. The second-order valence-electron chi connectivity index (χ2n) is 3.28. The molecule has 1 amide bonds. The fourth-order valence-corrected chi connectivity index (χ4v) is 2.50. The van der Waals surface area contributed by atoms with Gasteiger partial charge in [0.1, 0.15) is 4.88 Å². The number of amides is 1. The van der Waals surface area contributed by atoms with Crippen LogP contribution in [0, 0.1) is 0 Å². The van der Waals surface area contributed by atoms with Crippen molar-refractivity contribution in [2.75, 3.05) is 6.54 Å². The number of carbonyl (C=O) groups excluding carboxylic acids is 1. The molecule has 1 atom stereocenters. The summed E-state index contributed by atoms with van der Waals surface area (Å²) in [6.45, 7) is 2.79. The first-order chi connectivity index (χ1) is 7.11. The number of carbonyl (C=O) groups is 1. The lowest BCUT2D eigenvalue weighted by Crippen LogP contribution is -2.24. The summed E-state index contributed by atoms with van der Waals surface area (Å²) in [5.74, 6) is -0.0720. The molecule has 0 aliphatic rings. The predicted octanol–water partition coefficient (Wildman–Crippen LogP) is 3.69. The Morgan fingerprint density at radius 2 is 2.47 bits per heavy atom. The monoisotopic (exact) mass is 309 g/mol. The van der Waals surface area contributed by atoms with Crippen molar-refractivity contribution in [3.05, 3.63) is 21.3 Å². The number of hydrogen-bond donors (Lipinski definition) is 1. The van der Waals surface area contributed by atoms with E-state index in [4.69, 9.17) is 11.6 Å². The van der Waals surface area contributed by atoms with Crippen LogP contribution in [0.3, 0.4) is 0 Å². The molecule has 0 aliphatic heterocycles. The summed E-state index contributed by atoms with van der Waals surface area (Å²) in [7, 11) is 0. The first-order valence-electron chi connectivity index (χ1n) is 4.76. The van der Waals surface area contributed by atoms with Crippen LogP contribution in [0.1, 0.15) is 29.4 Å². The molecular formula is C10H13BrClNOS. The number of alkyl halides is 1.